The van der Waals surface area contributed by atoms with E-state index in [1.807, 2.05) is 60.7 Å². The van der Waals surface area contributed by atoms with Gasteiger partial charge in [-0.2, -0.15) is 0 Å². The fourth-order valence-corrected chi connectivity index (χ4v) is 3.75. The van der Waals surface area contributed by atoms with Crippen molar-refractivity contribution in [2.75, 3.05) is 26.9 Å². The van der Waals surface area contributed by atoms with E-state index in [0.29, 0.717) is 45.7 Å². The molecule has 1 heterocycles. The van der Waals surface area contributed by atoms with E-state index < -0.39 is 12.2 Å². The molecule has 2 aromatic rings. The minimum absolute atomic E-state index is 0.0162. The number of hydrogen-bond acceptors (Lipinski definition) is 6. The highest BCUT2D eigenvalue weighted by Gasteiger charge is 2.38. The maximum Gasteiger partial charge on any atom is 0.219 e. The van der Waals surface area contributed by atoms with Gasteiger partial charge in [-0.15, -0.1) is 0 Å². The Morgan fingerprint density at radius 3 is 2.33 bits per heavy atom. The van der Waals surface area contributed by atoms with Crippen LogP contribution in [0.1, 0.15) is 30.4 Å². The van der Waals surface area contributed by atoms with Crippen molar-refractivity contribution >= 4 is 5.91 Å². The molecule has 1 aliphatic heterocycles. The summed E-state index contributed by atoms with van der Waals surface area (Å²) < 4.78 is 23.8. The van der Waals surface area contributed by atoms with Crippen molar-refractivity contribution in [3.8, 4) is 0 Å². The minimum atomic E-state index is -0.807. The van der Waals surface area contributed by atoms with Crippen molar-refractivity contribution in [1.82, 2.24) is 5.32 Å². The molecule has 0 aliphatic carbocycles. The van der Waals surface area contributed by atoms with Crippen molar-refractivity contribution in [2.45, 2.75) is 56.9 Å². The molecule has 3 rings (SSSR count). The number of hydrogen-bond donors (Lipinski definition) is 2. The van der Waals surface area contributed by atoms with Crippen LogP contribution in [-0.4, -0.2) is 62.3 Å². The third-order valence-corrected chi connectivity index (χ3v) is 5.60. The third kappa shape index (κ3) is 8.87. The second kappa shape index (κ2) is 14.1. The first kappa shape index (κ1) is 25.3. The molecule has 7 heteroatoms. The Kier molecular flexibility index (Phi) is 10.8. The molecule has 0 radical (unpaired) electrons. The lowest BCUT2D eigenvalue weighted by Gasteiger charge is -2.39. The van der Waals surface area contributed by atoms with Crippen LogP contribution in [-0.2, 0) is 37.0 Å². The van der Waals surface area contributed by atoms with Gasteiger partial charge < -0.3 is 29.4 Å². The van der Waals surface area contributed by atoms with E-state index in [4.69, 9.17) is 18.9 Å². The van der Waals surface area contributed by atoms with Crippen molar-refractivity contribution in [1.29, 1.82) is 0 Å². The second-order valence-electron chi connectivity index (χ2n) is 8.21. The van der Waals surface area contributed by atoms with Gasteiger partial charge in [0, 0.05) is 26.5 Å². The van der Waals surface area contributed by atoms with E-state index in [9.17, 15) is 9.90 Å². The molecule has 7 nitrogen and oxygen atoms in total. The largest absolute Gasteiger partial charge is 0.388 e. The molecule has 0 bridgehead atoms. The van der Waals surface area contributed by atoms with Gasteiger partial charge in [-0.25, -0.2) is 0 Å². The first-order chi connectivity index (χ1) is 16.2. The summed E-state index contributed by atoms with van der Waals surface area (Å²) in [5.74, 6) is -0.0162. The van der Waals surface area contributed by atoms with Gasteiger partial charge in [0.15, 0.2) is 0 Å². The number of benzene rings is 2. The lowest BCUT2D eigenvalue weighted by Crippen LogP contribution is -2.52. The molecule has 4 atom stereocenters. The predicted molar refractivity (Wildman–Crippen MR) is 125 cm³/mol. The Morgan fingerprint density at radius 1 is 1.00 bits per heavy atom. The molecule has 0 unspecified atom stereocenters. The van der Waals surface area contributed by atoms with Crippen LogP contribution in [0, 0.1) is 0 Å². The highest BCUT2D eigenvalue weighted by Crippen LogP contribution is 2.25. The van der Waals surface area contributed by atoms with Crippen molar-refractivity contribution < 1.29 is 28.8 Å². The van der Waals surface area contributed by atoms with Crippen molar-refractivity contribution in [2.24, 2.45) is 0 Å². The summed E-state index contributed by atoms with van der Waals surface area (Å²) in [7, 11) is 1.62. The number of amides is 1. The quantitative estimate of drug-likeness (QED) is 0.450. The molecule has 1 aliphatic rings. The van der Waals surface area contributed by atoms with E-state index in [2.05, 4.69) is 5.32 Å². The fraction of sp³-hybridized carbons (Fsp3) is 0.500. The van der Waals surface area contributed by atoms with Crippen LogP contribution >= 0.6 is 0 Å². The first-order valence-corrected chi connectivity index (χ1v) is 11.5. The molecule has 2 aromatic carbocycles. The lowest BCUT2D eigenvalue weighted by molar-refractivity contribution is -0.210. The number of aliphatic hydroxyl groups is 1. The van der Waals surface area contributed by atoms with Crippen LogP contribution in [0.5, 0.6) is 0 Å². The van der Waals surface area contributed by atoms with Gasteiger partial charge in [0.05, 0.1) is 38.6 Å². The maximum absolute atomic E-state index is 11.3. The van der Waals surface area contributed by atoms with Crippen LogP contribution < -0.4 is 5.32 Å². The topological polar surface area (TPSA) is 86.3 Å². The average molecular weight is 458 g/mol. The van der Waals surface area contributed by atoms with Gasteiger partial charge in [-0.05, 0) is 17.5 Å². The molecule has 1 fully saturated rings. The zero-order chi connectivity index (χ0) is 23.3. The van der Waals surface area contributed by atoms with E-state index >= 15 is 0 Å². The van der Waals surface area contributed by atoms with Crippen LogP contribution in [0.2, 0.25) is 0 Å². The Labute approximate surface area is 196 Å². The molecular formula is C26H35NO6. The number of aliphatic hydroxyl groups excluding tert-OH is 1. The predicted octanol–water partition coefficient (Wildman–Crippen LogP) is 2.85. The van der Waals surface area contributed by atoms with E-state index in [1.54, 1.807) is 7.05 Å². The Morgan fingerprint density at radius 2 is 1.67 bits per heavy atom. The normalized spacial score (nSPS) is 22.7. The summed E-state index contributed by atoms with van der Waals surface area (Å²) >= 11 is 0. The number of nitrogens with one attached hydrogen (secondary N) is 1. The molecular weight excluding hydrogens is 422 g/mol. The fourth-order valence-electron chi connectivity index (χ4n) is 3.75. The van der Waals surface area contributed by atoms with Crippen LogP contribution in [0.25, 0.3) is 0 Å². The number of carbonyl (C=O) groups is 1. The molecule has 1 saturated heterocycles. The zero-order valence-corrected chi connectivity index (χ0v) is 19.2. The number of carbonyl (C=O) groups excluding carboxylic acids is 1. The summed E-state index contributed by atoms with van der Waals surface area (Å²) in [6.07, 6.45) is -0.372. The van der Waals surface area contributed by atoms with Crippen LogP contribution in [0.3, 0.4) is 0 Å². The Hall–Kier alpha value is -2.29. The number of rotatable bonds is 13. The van der Waals surface area contributed by atoms with Gasteiger partial charge in [0.2, 0.25) is 5.91 Å². The maximum atomic E-state index is 11.3. The summed E-state index contributed by atoms with van der Waals surface area (Å²) in [6, 6.07) is 19.9. The minimum Gasteiger partial charge on any atom is -0.388 e. The van der Waals surface area contributed by atoms with Gasteiger partial charge in [0.1, 0.15) is 12.2 Å². The third-order valence-electron chi connectivity index (χ3n) is 5.60. The van der Waals surface area contributed by atoms with Gasteiger partial charge >= 0.3 is 0 Å². The van der Waals surface area contributed by atoms with E-state index in [0.717, 1.165) is 11.1 Å². The van der Waals surface area contributed by atoms with Crippen LogP contribution in [0.4, 0.5) is 0 Å². The first-order valence-electron chi connectivity index (χ1n) is 11.5. The van der Waals surface area contributed by atoms with Crippen molar-refractivity contribution in [3.05, 3.63) is 71.8 Å². The van der Waals surface area contributed by atoms with Crippen molar-refractivity contribution in [3.63, 3.8) is 0 Å². The summed E-state index contributed by atoms with van der Waals surface area (Å²) in [6.45, 7) is 1.97. The zero-order valence-electron chi connectivity index (χ0n) is 19.2. The average Bonchev–Trinajstić information content (AvgIpc) is 2.85. The number of ether oxygens (including phenoxy) is 4. The second-order valence-corrected chi connectivity index (χ2v) is 8.21. The summed E-state index contributed by atoms with van der Waals surface area (Å²) in [4.78, 5) is 11.3. The highest BCUT2D eigenvalue weighted by molar-refractivity contribution is 5.75. The van der Waals surface area contributed by atoms with E-state index in [-0.39, 0.29) is 24.7 Å². The monoisotopic (exact) mass is 457 g/mol. The SMILES string of the molecule is CNC(=O)CCCOC[C@@H]1O[C@H](COCc2ccccc2)C[C@H](OCc2ccccc2)[C@H]1O. The van der Waals surface area contributed by atoms with Gasteiger partial charge in [-0.3, -0.25) is 4.79 Å². The van der Waals surface area contributed by atoms with E-state index in [1.165, 1.54) is 0 Å². The molecule has 33 heavy (non-hydrogen) atoms. The molecule has 0 spiro atoms. The Balaban J connectivity index is 1.51. The summed E-state index contributed by atoms with van der Waals surface area (Å²) in [5, 5.41) is 13.5. The molecule has 2 N–H and O–H groups in total. The molecule has 180 valence electrons. The lowest BCUT2D eigenvalue weighted by atomic mass is 9.98. The molecule has 0 saturated carbocycles. The van der Waals surface area contributed by atoms with Crippen LogP contribution in [0.15, 0.2) is 60.7 Å². The van der Waals surface area contributed by atoms with Gasteiger partial charge in [-0.1, -0.05) is 60.7 Å². The Bertz CT molecular complexity index is 803. The smallest absolute Gasteiger partial charge is 0.219 e. The standard InChI is InChI=1S/C26H35NO6/c1-27-25(28)13-8-14-30-19-24-26(29)23(32-17-21-11-6-3-7-12-21)15-22(33-24)18-31-16-20-9-4-2-5-10-20/h2-7,9-12,22-24,26,29H,8,13-19H2,1H3,(H,27,28)/t22-,23-,24-,26+/m0/s1. The molecule has 1 amide bonds. The highest BCUT2D eigenvalue weighted by atomic mass is 16.6. The van der Waals surface area contributed by atoms with Gasteiger partial charge in [0.25, 0.3) is 0 Å². The summed E-state index contributed by atoms with van der Waals surface area (Å²) in [5.41, 5.74) is 2.15. The molecule has 0 aromatic heterocycles.